The lowest BCUT2D eigenvalue weighted by atomic mass is 10.00. The number of hydrogen-bond donors (Lipinski definition) is 1. The van der Waals surface area contributed by atoms with Crippen molar-refractivity contribution >= 4 is 5.69 Å². The summed E-state index contributed by atoms with van der Waals surface area (Å²) in [7, 11) is 4.30. The van der Waals surface area contributed by atoms with E-state index in [0.29, 0.717) is 5.75 Å². The van der Waals surface area contributed by atoms with Gasteiger partial charge in [-0.05, 0) is 12.5 Å². The number of nitrogens with zero attached hydrogens (tertiary/aromatic N) is 1. The van der Waals surface area contributed by atoms with Gasteiger partial charge in [-0.2, -0.15) is 0 Å². The van der Waals surface area contributed by atoms with Crippen molar-refractivity contribution in [1.29, 1.82) is 0 Å². The summed E-state index contributed by atoms with van der Waals surface area (Å²) in [5.41, 5.74) is 2.41. The van der Waals surface area contributed by atoms with E-state index in [2.05, 4.69) is 20.2 Å². The Morgan fingerprint density at radius 3 is 2.64 bits per heavy atom. The minimum atomic E-state index is 0. The molecular weight excluding hydrogens is 242 g/mol. The number of benzene rings is 1. The van der Waals surface area contributed by atoms with E-state index in [-0.39, 0.29) is 17.0 Å². The van der Waals surface area contributed by atoms with E-state index in [1.165, 1.54) is 12.0 Å². The predicted molar refractivity (Wildman–Crippen MR) is 54.9 cm³/mol. The summed E-state index contributed by atoms with van der Waals surface area (Å²) in [5.74, 6) is 0.446. The monoisotopic (exact) mass is 257 g/mol. The Kier molecular flexibility index (Phi) is 3.22. The number of phenols is 1. The largest absolute Gasteiger partial charge is 1.00 e. The third kappa shape index (κ3) is 1.79. The van der Waals surface area contributed by atoms with Gasteiger partial charge in [-0.15, -0.1) is 0 Å². The molecule has 2 rings (SSSR count). The van der Waals surface area contributed by atoms with E-state index in [0.717, 1.165) is 23.1 Å². The number of hydrogen-bond acceptors (Lipinski definition) is 1. The zero-order valence-corrected chi connectivity index (χ0v) is 10.2. The highest BCUT2D eigenvalue weighted by Crippen LogP contribution is 2.37. The zero-order chi connectivity index (χ0) is 9.47. The van der Waals surface area contributed by atoms with E-state index < -0.39 is 0 Å². The van der Waals surface area contributed by atoms with E-state index in [9.17, 15) is 5.11 Å². The van der Waals surface area contributed by atoms with Crippen LogP contribution in [0.5, 0.6) is 5.75 Å². The standard InChI is InChI=1S/C11H15NO.BrH/c1-12(2)8-4-6-9-5-3-7-10(13)11(9)12;/h3,5,7H,4,6,8H2,1-2H3;1H. The molecule has 1 N–H and O–H groups in total. The second kappa shape index (κ2) is 3.91. The molecule has 0 radical (unpaired) electrons. The van der Waals surface area contributed by atoms with Crippen molar-refractivity contribution < 1.29 is 22.1 Å². The van der Waals surface area contributed by atoms with Crippen LogP contribution in [0.2, 0.25) is 0 Å². The highest BCUT2D eigenvalue weighted by molar-refractivity contribution is 5.61. The molecule has 0 aromatic heterocycles. The van der Waals surface area contributed by atoms with Gasteiger partial charge < -0.3 is 22.1 Å². The lowest BCUT2D eigenvalue weighted by molar-refractivity contribution is -0.00000399. The van der Waals surface area contributed by atoms with E-state index in [1.54, 1.807) is 6.07 Å². The molecule has 0 aliphatic carbocycles. The number of rotatable bonds is 0. The van der Waals surface area contributed by atoms with Crippen LogP contribution in [-0.2, 0) is 6.42 Å². The molecule has 14 heavy (non-hydrogen) atoms. The van der Waals surface area contributed by atoms with Gasteiger partial charge in [0.25, 0.3) is 0 Å². The topological polar surface area (TPSA) is 20.2 Å². The van der Waals surface area contributed by atoms with Crippen molar-refractivity contribution in [1.82, 2.24) is 4.48 Å². The number of aryl methyl sites for hydroxylation is 1. The quantitative estimate of drug-likeness (QED) is 0.586. The fraction of sp³-hybridized carbons (Fsp3) is 0.455. The lowest BCUT2D eigenvalue weighted by Gasteiger charge is -2.35. The summed E-state index contributed by atoms with van der Waals surface area (Å²) in [6.07, 6.45) is 2.31. The van der Waals surface area contributed by atoms with Crippen molar-refractivity contribution in [2.75, 3.05) is 20.6 Å². The second-order valence-corrected chi connectivity index (χ2v) is 4.30. The highest BCUT2D eigenvalue weighted by atomic mass is 79.9. The summed E-state index contributed by atoms with van der Waals surface area (Å²) < 4.78 is 0.808. The lowest BCUT2D eigenvalue weighted by Crippen LogP contribution is -3.00. The smallest absolute Gasteiger partial charge is 0.177 e. The minimum absolute atomic E-state index is 0. The van der Waals surface area contributed by atoms with Gasteiger partial charge in [0.05, 0.1) is 20.6 Å². The van der Waals surface area contributed by atoms with Gasteiger partial charge in [0.15, 0.2) is 11.4 Å². The number of aromatic hydroxyl groups is 1. The van der Waals surface area contributed by atoms with Gasteiger partial charge in [-0.3, -0.25) is 4.48 Å². The molecule has 0 atom stereocenters. The number of halogens is 1. The number of phenolic OH excluding ortho intramolecular Hbond substituents is 1. The van der Waals surface area contributed by atoms with Crippen LogP contribution in [0.15, 0.2) is 18.2 Å². The van der Waals surface area contributed by atoms with Crippen molar-refractivity contribution in [2.24, 2.45) is 0 Å². The maximum Gasteiger partial charge on any atom is 0.177 e. The molecule has 3 heteroatoms. The Labute approximate surface area is 95.5 Å². The van der Waals surface area contributed by atoms with Crippen LogP contribution in [0.4, 0.5) is 5.69 Å². The van der Waals surface area contributed by atoms with Gasteiger partial charge in [-0.25, -0.2) is 0 Å². The molecule has 0 amide bonds. The SMILES string of the molecule is C[N+]1(C)CCCc2cccc(O)c21.[Br-]. The second-order valence-electron chi connectivity index (χ2n) is 4.30. The first kappa shape index (κ1) is 11.5. The number of fused-ring (bicyclic) bond motifs is 1. The minimum Gasteiger partial charge on any atom is -1.00 e. The molecule has 0 spiro atoms. The van der Waals surface area contributed by atoms with Gasteiger partial charge in [0.2, 0.25) is 0 Å². The Hall–Kier alpha value is -0.540. The molecule has 0 saturated heterocycles. The van der Waals surface area contributed by atoms with Crippen LogP contribution < -0.4 is 21.5 Å². The molecule has 1 aromatic rings. The van der Waals surface area contributed by atoms with Crippen molar-refractivity contribution in [2.45, 2.75) is 12.8 Å². The third-order valence-corrected chi connectivity index (χ3v) is 2.87. The average molecular weight is 258 g/mol. The van der Waals surface area contributed by atoms with Crippen molar-refractivity contribution in [3.8, 4) is 5.75 Å². The van der Waals surface area contributed by atoms with Crippen LogP contribution in [0.3, 0.4) is 0 Å². The van der Waals surface area contributed by atoms with Crippen molar-refractivity contribution in [3.63, 3.8) is 0 Å². The number of quaternary nitrogens is 1. The third-order valence-electron chi connectivity index (χ3n) is 2.87. The zero-order valence-electron chi connectivity index (χ0n) is 8.63. The molecule has 0 saturated carbocycles. The first-order chi connectivity index (χ1) is 6.11. The first-order valence-electron chi connectivity index (χ1n) is 4.76. The molecule has 0 bridgehead atoms. The predicted octanol–water partition coefficient (Wildman–Crippen LogP) is -1.09. The molecular formula is C11H16BrNO. The fourth-order valence-corrected chi connectivity index (χ4v) is 2.25. The number of para-hydroxylation sites is 1. The Balaban J connectivity index is 0.000000980. The average Bonchev–Trinajstić information content (AvgIpc) is 2.02. The summed E-state index contributed by atoms with van der Waals surface area (Å²) in [5, 5.41) is 9.78. The van der Waals surface area contributed by atoms with Crippen LogP contribution in [0, 0.1) is 0 Å². The van der Waals surface area contributed by atoms with Gasteiger partial charge in [0, 0.05) is 12.0 Å². The molecule has 1 heterocycles. The summed E-state index contributed by atoms with van der Waals surface area (Å²) in [6.45, 7) is 1.12. The van der Waals surface area contributed by atoms with Crippen LogP contribution in [0.25, 0.3) is 0 Å². The van der Waals surface area contributed by atoms with E-state index in [1.807, 2.05) is 6.07 Å². The molecule has 2 nitrogen and oxygen atoms in total. The molecule has 1 aliphatic heterocycles. The maximum absolute atomic E-state index is 9.78. The molecule has 1 aliphatic rings. The van der Waals surface area contributed by atoms with E-state index in [4.69, 9.17) is 0 Å². The normalized spacial score (nSPS) is 18.1. The van der Waals surface area contributed by atoms with Gasteiger partial charge in [0.1, 0.15) is 0 Å². The highest BCUT2D eigenvalue weighted by Gasteiger charge is 2.29. The van der Waals surface area contributed by atoms with Gasteiger partial charge >= 0.3 is 0 Å². The van der Waals surface area contributed by atoms with Crippen molar-refractivity contribution in [3.05, 3.63) is 23.8 Å². The Morgan fingerprint density at radius 1 is 1.29 bits per heavy atom. The Bertz CT molecular complexity index is 336. The fourth-order valence-electron chi connectivity index (χ4n) is 2.25. The molecule has 78 valence electrons. The Morgan fingerprint density at radius 2 is 2.00 bits per heavy atom. The maximum atomic E-state index is 9.78. The van der Waals surface area contributed by atoms with Gasteiger partial charge in [-0.1, -0.05) is 12.1 Å². The summed E-state index contributed by atoms with van der Waals surface area (Å²) in [6, 6.07) is 5.83. The van der Waals surface area contributed by atoms with Crippen LogP contribution in [-0.4, -0.2) is 25.7 Å². The van der Waals surface area contributed by atoms with Crippen LogP contribution in [0.1, 0.15) is 12.0 Å². The summed E-state index contributed by atoms with van der Waals surface area (Å²) >= 11 is 0. The molecule has 0 fully saturated rings. The molecule has 0 unspecified atom stereocenters. The van der Waals surface area contributed by atoms with Crippen LogP contribution >= 0.6 is 0 Å². The molecule has 1 aromatic carbocycles. The van der Waals surface area contributed by atoms with E-state index >= 15 is 0 Å². The first-order valence-corrected chi connectivity index (χ1v) is 4.76. The summed E-state index contributed by atoms with van der Waals surface area (Å²) in [4.78, 5) is 0.